The van der Waals surface area contributed by atoms with Crippen molar-refractivity contribution in [2.24, 2.45) is 0 Å². The molecule has 0 bridgehead atoms. The number of thiophene rings is 2. The fraction of sp³-hybridized carbons (Fsp3) is 0.473. The third-order valence-electron chi connectivity index (χ3n) is 14.1. The minimum Gasteiger partial charge on any atom is -0.492 e. The summed E-state index contributed by atoms with van der Waals surface area (Å²) in [6.45, 7) is 24.0. The molecule has 7 amide bonds. The molecule has 81 heavy (non-hydrogen) atoms. The van der Waals surface area contributed by atoms with Gasteiger partial charge in [0.05, 0.1) is 18.7 Å². The monoisotopic (exact) mass is 1270 g/mol. The molecule has 0 radical (unpaired) electrons. The van der Waals surface area contributed by atoms with E-state index in [0.29, 0.717) is 64.4 Å². The Morgan fingerprint density at radius 3 is 1.51 bits per heavy atom. The van der Waals surface area contributed by atoms with E-state index in [1.807, 2.05) is 39.0 Å². The Labute approximate surface area is 495 Å². The number of carbonyl (C=O) groups is 5. The van der Waals surface area contributed by atoms with Crippen molar-refractivity contribution in [3.63, 3.8) is 0 Å². The number of piperazine rings is 2. The lowest BCUT2D eigenvalue weighted by Gasteiger charge is -2.35. The van der Waals surface area contributed by atoms with Crippen LogP contribution in [0.3, 0.4) is 0 Å². The van der Waals surface area contributed by atoms with Crippen LogP contribution in [-0.4, -0.2) is 196 Å². The molecule has 4 fully saturated rings. The molecule has 0 atom stereocenters. The molecular formula is C55H68Br2N14O8S2. The fourth-order valence-electron chi connectivity index (χ4n) is 9.42. The molecule has 0 saturated carbocycles. The first-order valence-electron chi connectivity index (χ1n) is 26.9. The summed E-state index contributed by atoms with van der Waals surface area (Å²) >= 11 is 10.4. The van der Waals surface area contributed by atoms with Crippen molar-refractivity contribution < 1.29 is 38.2 Å². The summed E-state index contributed by atoms with van der Waals surface area (Å²) < 4.78 is 21.4. The normalized spacial score (nSPS) is 17.5. The van der Waals surface area contributed by atoms with Crippen LogP contribution in [0.25, 0.3) is 41.3 Å². The second-order valence-electron chi connectivity index (χ2n) is 21.8. The summed E-state index contributed by atoms with van der Waals surface area (Å²) in [4.78, 5) is 90.1. The second-order valence-corrected chi connectivity index (χ2v) is 25.7. The standard InChI is InChI=1S/C30H38BrN7O5S.C25H30BrN7O3S/c1-29(2,3)43-28(41)37-12-10-36(11-13-37)14-15-42-20-6-7-22-19(16-20)17-23(44-22)24-21(31)18-33-26(34-24)32-8-9-38-27(40)35-25(39)30(38,4)5;1-25(2)22(34)31-24(35)33(25)10-7-28-23-29-15-18(26)21(30-23)20-14-16-13-17(3-4-19(16)37-20)36-12-11-32-8-5-27-6-9-32/h6-7,16-18H,8-15H2,1-5H3,(H,32,33,34)(H,35,39,40);3-4,13-15,27H,5-12H2,1-2H3,(H,28,29,30)(H,31,34,35). The number of carbonyl (C=O) groups excluding carboxylic acids is 5. The van der Waals surface area contributed by atoms with E-state index >= 15 is 0 Å². The lowest BCUT2D eigenvalue weighted by atomic mass is 10.0. The van der Waals surface area contributed by atoms with Gasteiger partial charge in [0.15, 0.2) is 0 Å². The molecule has 4 aromatic heterocycles. The van der Waals surface area contributed by atoms with Gasteiger partial charge in [-0.15, -0.1) is 22.7 Å². The fourth-order valence-corrected chi connectivity index (χ4v) is 12.6. The number of hydrogen-bond acceptors (Lipinski definition) is 19. The van der Waals surface area contributed by atoms with Gasteiger partial charge >= 0.3 is 18.2 Å². The lowest BCUT2D eigenvalue weighted by Crippen LogP contribution is -2.50. The summed E-state index contributed by atoms with van der Waals surface area (Å²) in [7, 11) is 0. The summed E-state index contributed by atoms with van der Waals surface area (Å²) in [5, 5.41) is 16.6. The molecule has 8 heterocycles. The van der Waals surface area contributed by atoms with Crippen molar-refractivity contribution in [2.45, 2.75) is 65.1 Å². The largest absolute Gasteiger partial charge is 0.492 e. The maximum atomic E-state index is 12.3. The van der Waals surface area contributed by atoms with Crippen LogP contribution in [0.2, 0.25) is 0 Å². The van der Waals surface area contributed by atoms with Crippen LogP contribution in [0, 0.1) is 0 Å². The Kier molecular flexibility index (Phi) is 18.7. The van der Waals surface area contributed by atoms with Gasteiger partial charge in [-0.2, -0.15) is 0 Å². The van der Waals surface area contributed by atoms with Crippen molar-refractivity contribution in [1.82, 2.24) is 60.4 Å². The number of rotatable bonds is 18. The predicted molar refractivity (Wildman–Crippen MR) is 321 cm³/mol. The molecule has 22 nitrogen and oxygen atoms in total. The Morgan fingerprint density at radius 2 is 1.09 bits per heavy atom. The maximum Gasteiger partial charge on any atom is 0.410 e. The number of benzene rings is 2. The number of hydrogen-bond donors (Lipinski definition) is 5. The third kappa shape index (κ3) is 14.7. The van der Waals surface area contributed by atoms with Gasteiger partial charge in [0.1, 0.15) is 52.8 Å². The summed E-state index contributed by atoms with van der Waals surface area (Å²) in [6, 6.07) is 15.7. The van der Waals surface area contributed by atoms with E-state index < -0.39 is 22.7 Å². The first-order valence-corrected chi connectivity index (χ1v) is 30.1. The van der Waals surface area contributed by atoms with Crippen LogP contribution in [0.4, 0.5) is 26.3 Å². The minimum absolute atomic E-state index is 0.255. The molecule has 4 aliphatic heterocycles. The van der Waals surface area contributed by atoms with Gasteiger partial charge in [0.2, 0.25) is 11.9 Å². The Balaban J connectivity index is 0.000000198. The van der Waals surface area contributed by atoms with E-state index in [-0.39, 0.29) is 23.9 Å². The van der Waals surface area contributed by atoms with Crippen molar-refractivity contribution >= 4 is 117 Å². The van der Waals surface area contributed by atoms with E-state index in [9.17, 15) is 24.0 Å². The zero-order valence-electron chi connectivity index (χ0n) is 46.5. The number of nitrogens with one attached hydrogen (secondary N) is 5. The van der Waals surface area contributed by atoms with E-state index in [1.54, 1.807) is 67.7 Å². The lowest BCUT2D eigenvalue weighted by molar-refractivity contribution is -0.125. The van der Waals surface area contributed by atoms with Crippen LogP contribution in [-0.2, 0) is 14.3 Å². The highest BCUT2D eigenvalue weighted by Gasteiger charge is 2.46. The number of ether oxygens (including phenoxy) is 3. The topological polar surface area (TPSA) is 241 Å². The molecule has 0 aliphatic carbocycles. The molecule has 0 spiro atoms. The van der Waals surface area contributed by atoms with E-state index in [1.165, 1.54) is 9.80 Å². The molecule has 4 saturated heterocycles. The molecule has 2 aromatic carbocycles. The van der Waals surface area contributed by atoms with Gasteiger partial charge in [-0.05, 0) is 140 Å². The summed E-state index contributed by atoms with van der Waals surface area (Å²) in [5.41, 5.74) is -0.729. The number of halogens is 2. The van der Waals surface area contributed by atoms with E-state index in [2.05, 4.69) is 109 Å². The number of aromatic nitrogens is 4. The Hall–Kier alpha value is -6.29. The summed E-state index contributed by atoms with van der Waals surface area (Å²) in [6.07, 6.45) is 3.16. The first-order chi connectivity index (χ1) is 38.6. The average molecular weight is 1280 g/mol. The van der Waals surface area contributed by atoms with E-state index in [0.717, 1.165) is 114 Å². The van der Waals surface area contributed by atoms with Crippen LogP contribution in [0.15, 0.2) is 69.9 Å². The highest BCUT2D eigenvalue weighted by molar-refractivity contribution is 9.11. The van der Waals surface area contributed by atoms with Gasteiger partial charge in [-0.25, -0.2) is 34.3 Å². The number of anilines is 2. The van der Waals surface area contributed by atoms with Gasteiger partial charge in [0.25, 0.3) is 11.8 Å². The van der Waals surface area contributed by atoms with Crippen molar-refractivity contribution in [3.8, 4) is 32.6 Å². The first kappa shape index (κ1) is 59.3. The van der Waals surface area contributed by atoms with Gasteiger partial charge < -0.3 is 44.9 Å². The minimum atomic E-state index is -0.900. The van der Waals surface area contributed by atoms with Crippen LogP contribution in [0.1, 0.15) is 48.5 Å². The molecule has 432 valence electrons. The van der Waals surface area contributed by atoms with Gasteiger partial charge in [0, 0.05) is 113 Å². The highest BCUT2D eigenvalue weighted by Crippen LogP contribution is 2.39. The van der Waals surface area contributed by atoms with Crippen LogP contribution in [0.5, 0.6) is 11.5 Å². The van der Waals surface area contributed by atoms with Crippen molar-refractivity contribution in [3.05, 3.63) is 69.9 Å². The van der Waals surface area contributed by atoms with Crippen molar-refractivity contribution in [1.29, 1.82) is 0 Å². The molecule has 6 aromatic rings. The summed E-state index contributed by atoms with van der Waals surface area (Å²) in [5.74, 6) is 1.95. The number of imide groups is 2. The Morgan fingerprint density at radius 1 is 0.642 bits per heavy atom. The highest BCUT2D eigenvalue weighted by atomic mass is 79.9. The van der Waals surface area contributed by atoms with Crippen molar-refractivity contribution in [2.75, 3.05) is 115 Å². The number of amides is 7. The quantitative estimate of drug-likeness (QED) is 0.0513. The van der Waals surface area contributed by atoms with Crippen LogP contribution >= 0.6 is 54.5 Å². The van der Waals surface area contributed by atoms with Crippen LogP contribution < -0.4 is 36.1 Å². The zero-order chi connectivity index (χ0) is 57.6. The number of nitrogens with zero attached hydrogens (tertiary/aromatic N) is 9. The maximum absolute atomic E-state index is 12.3. The third-order valence-corrected chi connectivity index (χ3v) is 17.6. The molecular weight excluding hydrogens is 1210 g/mol. The molecule has 4 aliphatic rings. The SMILES string of the molecule is CC(C)(C)OC(=O)N1CCN(CCOc2ccc3sc(-c4nc(NCCN5C(=O)NC(=O)C5(C)C)ncc4Br)cc3c2)CC1.CC1(C)C(=O)NC(=O)N1CCNc1ncc(Br)c(-c2cc3cc(OCCN4CCNCC4)ccc3s2)n1. The molecule has 5 N–H and O–H groups in total. The second kappa shape index (κ2) is 25.5. The number of urea groups is 2. The van der Waals surface area contributed by atoms with Gasteiger partial charge in [-0.1, -0.05) is 0 Å². The zero-order valence-corrected chi connectivity index (χ0v) is 51.3. The predicted octanol–water partition coefficient (Wildman–Crippen LogP) is 7.94. The molecule has 0 unspecified atom stereocenters. The smallest absolute Gasteiger partial charge is 0.410 e. The molecule has 26 heteroatoms. The van der Waals surface area contributed by atoms with Gasteiger partial charge in [-0.3, -0.25) is 30.0 Å². The Bertz CT molecular complexity index is 3280. The number of fused-ring (bicyclic) bond motifs is 2. The average Bonchev–Trinajstić information content (AvgIpc) is 4.36. The molecule has 10 rings (SSSR count). The van der Waals surface area contributed by atoms with E-state index in [4.69, 9.17) is 24.2 Å².